The van der Waals surface area contributed by atoms with Gasteiger partial charge in [-0.1, -0.05) is 19.1 Å². The van der Waals surface area contributed by atoms with Crippen LogP contribution in [0.15, 0.2) is 23.0 Å². The van der Waals surface area contributed by atoms with Crippen LogP contribution in [-0.4, -0.2) is 4.98 Å². The minimum absolute atomic E-state index is 0.00625. The SMILES string of the molecule is CCc1ccc2c3c(c(=O)[nH]c2c1)COC3. The maximum atomic E-state index is 11.8. The first-order chi connectivity index (χ1) is 7.79. The van der Waals surface area contributed by atoms with Gasteiger partial charge in [-0.2, -0.15) is 0 Å². The minimum Gasteiger partial charge on any atom is -0.372 e. The molecule has 0 saturated carbocycles. The number of aryl methyl sites for hydroxylation is 1. The molecule has 1 aliphatic heterocycles. The van der Waals surface area contributed by atoms with Gasteiger partial charge in [-0.3, -0.25) is 4.79 Å². The summed E-state index contributed by atoms with van der Waals surface area (Å²) in [5, 5.41) is 1.12. The van der Waals surface area contributed by atoms with E-state index in [0.29, 0.717) is 13.2 Å². The van der Waals surface area contributed by atoms with E-state index in [1.807, 2.05) is 0 Å². The first kappa shape index (κ1) is 9.60. The molecule has 1 aromatic heterocycles. The number of aromatic nitrogens is 1. The fourth-order valence-electron chi connectivity index (χ4n) is 2.25. The molecule has 3 rings (SSSR count). The third kappa shape index (κ3) is 1.28. The van der Waals surface area contributed by atoms with Crippen molar-refractivity contribution in [2.45, 2.75) is 26.6 Å². The Labute approximate surface area is 93.1 Å². The summed E-state index contributed by atoms with van der Waals surface area (Å²) in [4.78, 5) is 14.7. The van der Waals surface area contributed by atoms with E-state index in [4.69, 9.17) is 4.74 Å². The van der Waals surface area contributed by atoms with Gasteiger partial charge in [-0.25, -0.2) is 0 Å². The average molecular weight is 215 g/mol. The Morgan fingerprint density at radius 2 is 2.12 bits per heavy atom. The number of fused-ring (bicyclic) bond motifs is 3. The van der Waals surface area contributed by atoms with Gasteiger partial charge >= 0.3 is 0 Å². The maximum Gasteiger partial charge on any atom is 0.254 e. The Kier molecular flexibility index (Phi) is 2.07. The van der Waals surface area contributed by atoms with E-state index in [1.54, 1.807) is 0 Å². The summed E-state index contributed by atoms with van der Waals surface area (Å²) < 4.78 is 5.34. The fourth-order valence-corrected chi connectivity index (χ4v) is 2.25. The number of ether oxygens (including phenoxy) is 1. The normalized spacial score (nSPS) is 14.3. The molecule has 16 heavy (non-hydrogen) atoms. The largest absolute Gasteiger partial charge is 0.372 e. The van der Waals surface area contributed by atoms with Gasteiger partial charge < -0.3 is 9.72 Å². The summed E-state index contributed by atoms with van der Waals surface area (Å²) >= 11 is 0. The van der Waals surface area contributed by atoms with Crippen LogP contribution in [0, 0.1) is 0 Å². The molecule has 0 unspecified atom stereocenters. The molecule has 82 valence electrons. The van der Waals surface area contributed by atoms with Gasteiger partial charge in [0.25, 0.3) is 5.56 Å². The third-order valence-electron chi connectivity index (χ3n) is 3.20. The van der Waals surface area contributed by atoms with E-state index >= 15 is 0 Å². The van der Waals surface area contributed by atoms with Gasteiger partial charge in [0.1, 0.15) is 0 Å². The summed E-state index contributed by atoms with van der Waals surface area (Å²) in [6.45, 7) is 3.10. The molecule has 0 fully saturated rings. The van der Waals surface area contributed by atoms with Crippen molar-refractivity contribution in [1.82, 2.24) is 4.98 Å². The predicted octanol–water partition coefficient (Wildman–Crippen LogP) is 2.12. The Hall–Kier alpha value is -1.61. The van der Waals surface area contributed by atoms with Gasteiger partial charge in [0.05, 0.1) is 13.2 Å². The van der Waals surface area contributed by atoms with Crippen LogP contribution >= 0.6 is 0 Å². The lowest BCUT2D eigenvalue weighted by Crippen LogP contribution is -2.12. The van der Waals surface area contributed by atoms with Crippen molar-refractivity contribution >= 4 is 10.9 Å². The molecule has 0 atom stereocenters. The summed E-state index contributed by atoms with van der Waals surface area (Å²) in [5.74, 6) is 0. The third-order valence-corrected chi connectivity index (χ3v) is 3.20. The number of benzene rings is 1. The predicted molar refractivity (Wildman–Crippen MR) is 62.4 cm³/mol. The molecule has 0 amide bonds. The number of H-pyrrole nitrogens is 1. The fraction of sp³-hybridized carbons (Fsp3) is 0.308. The molecule has 3 nitrogen and oxygen atoms in total. The molecule has 3 heteroatoms. The highest BCUT2D eigenvalue weighted by Crippen LogP contribution is 2.25. The van der Waals surface area contributed by atoms with Crippen molar-refractivity contribution in [2.24, 2.45) is 0 Å². The van der Waals surface area contributed by atoms with Crippen molar-refractivity contribution in [3.8, 4) is 0 Å². The Morgan fingerprint density at radius 3 is 2.94 bits per heavy atom. The smallest absolute Gasteiger partial charge is 0.254 e. The molecule has 2 heterocycles. The molecule has 1 aromatic carbocycles. The van der Waals surface area contributed by atoms with Crippen LogP contribution in [0.25, 0.3) is 10.9 Å². The highest BCUT2D eigenvalue weighted by molar-refractivity contribution is 5.83. The van der Waals surface area contributed by atoms with E-state index < -0.39 is 0 Å². The molecule has 0 saturated heterocycles. The summed E-state index contributed by atoms with van der Waals surface area (Å²) in [5.41, 5.74) is 4.00. The van der Waals surface area contributed by atoms with Crippen LogP contribution in [0.2, 0.25) is 0 Å². The number of rotatable bonds is 1. The summed E-state index contributed by atoms with van der Waals surface area (Å²) in [6.07, 6.45) is 0.978. The van der Waals surface area contributed by atoms with E-state index in [9.17, 15) is 4.79 Å². The monoisotopic (exact) mass is 215 g/mol. The first-order valence-corrected chi connectivity index (χ1v) is 5.54. The Morgan fingerprint density at radius 1 is 1.31 bits per heavy atom. The van der Waals surface area contributed by atoms with E-state index in [-0.39, 0.29) is 5.56 Å². The highest BCUT2D eigenvalue weighted by Gasteiger charge is 2.18. The maximum absolute atomic E-state index is 11.8. The number of aromatic amines is 1. The second-order valence-electron chi connectivity index (χ2n) is 4.14. The van der Waals surface area contributed by atoms with Gasteiger partial charge in [0.2, 0.25) is 0 Å². The zero-order valence-corrected chi connectivity index (χ0v) is 9.17. The van der Waals surface area contributed by atoms with Crippen molar-refractivity contribution in [2.75, 3.05) is 0 Å². The Bertz CT molecular complexity index is 613. The second-order valence-corrected chi connectivity index (χ2v) is 4.14. The van der Waals surface area contributed by atoms with Crippen LogP contribution in [0.1, 0.15) is 23.6 Å². The molecular formula is C13H13NO2. The minimum atomic E-state index is -0.00625. The van der Waals surface area contributed by atoms with Crippen molar-refractivity contribution < 1.29 is 4.74 Å². The summed E-state index contributed by atoms with van der Waals surface area (Å²) in [6, 6.07) is 6.24. The van der Waals surface area contributed by atoms with E-state index in [0.717, 1.165) is 28.5 Å². The Balaban J connectivity index is 2.38. The second kappa shape index (κ2) is 3.46. The van der Waals surface area contributed by atoms with Gasteiger partial charge in [-0.05, 0) is 23.6 Å². The molecule has 0 radical (unpaired) electrons. The van der Waals surface area contributed by atoms with E-state index in [1.165, 1.54) is 5.56 Å². The van der Waals surface area contributed by atoms with Crippen LogP contribution in [0.3, 0.4) is 0 Å². The molecule has 0 spiro atoms. The molecule has 2 aromatic rings. The molecule has 1 N–H and O–H groups in total. The van der Waals surface area contributed by atoms with Crippen LogP contribution in [-0.2, 0) is 24.4 Å². The number of hydrogen-bond acceptors (Lipinski definition) is 2. The quantitative estimate of drug-likeness (QED) is 0.791. The lowest BCUT2D eigenvalue weighted by molar-refractivity contribution is 0.134. The lowest BCUT2D eigenvalue weighted by atomic mass is 10.0. The summed E-state index contributed by atoms with van der Waals surface area (Å²) in [7, 11) is 0. The molecule has 0 bridgehead atoms. The molecule has 0 aliphatic carbocycles. The topological polar surface area (TPSA) is 42.1 Å². The van der Waals surface area contributed by atoms with Crippen LogP contribution < -0.4 is 5.56 Å². The van der Waals surface area contributed by atoms with Crippen LogP contribution in [0.4, 0.5) is 0 Å². The van der Waals surface area contributed by atoms with Crippen molar-refractivity contribution in [3.63, 3.8) is 0 Å². The number of pyridine rings is 1. The number of nitrogens with one attached hydrogen (secondary N) is 1. The van der Waals surface area contributed by atoms with Gasteiger partial charge in [-0.15, -0.1) is 0 Å². The van der Waals surface area contributed by atoms with Crippen LogP contribution in [0.5, 0.6) is 0 Å². The number of hydrogen-bond donors (Lipinski definition) is 1. The molecular weight excluding hydrogens is 202 g/mol. The highest BCUT2D eigenvalue weighted by atomic mass is 16.5. The van der Waals surface area contributed by atoms with Crippen molar-refractivity contribution in [1.29, 1.82) is 0 Å². The van der Waals surface area contributed by atoms with E-state index in [2.05, 4.69) is 30.1 Å². The molecule has 1 aliphatic rings. The first-order valence-electron chi connectivity index (χ1n) is 5.54. The zero-order chi connectivity index (χ0) is 11.1. The van der Waals surface area contributed by atoms with Crippen molar-refractivity contribution in [3.05, 3.63) is 45.2 Å². The van der Waals surface area contributed by atoms with Gasteiger partial charge in [0.15, 0.2) is 0 Å². The lowest BCUT2D eigenvalue weighted by Gasteiger charge is -2.05. The van der Waals surface area contributed by atoms with Gasteiger partial charge in [0, 0.05) is 16.5 Å². The standard InChI is InChI=1S/C13H13NO2/c1-2-8-3-4-9-10-6-16-7-11(10)13(15)14-12(9)5-8/h3-5H,2,6-7H2,1H3,(H,14,15). The zero-order valence-electron chi connectivity index (χ0n) is 9.17. The average Bonchev–Trinajstić information content (AvgIpc) is 2.78.